The van der Waals surface area contributed by atoms with E-state index in [2.05, 4.69) is 21.2 Å². The largest absolute Gasteiger partial charge is 0.384 e. The van der Waals surface area contributed by atoms with Crippen molar-refractivity contribution in [1.29, 1.82) is 0 Å². The van der Waals surface area contributed by atoms with Gasteiger partial charge in [0.15, 0.2) is 0 Å². The standard InChI is InChI=1S/C14H17BrFN3O2/c15-9-7-10(16)13(14(17)21)11(8-9)18-4-2-6-19-5-1-3-12(19)20/h7-8,18H,1-6H2,(H2,17,21). The molecule has 1 aromatic carbocycles. The molecule has 3 N–H and O–H groups in total. The lowest BCUT2D eigenvalue weighted by Gasteiger charge is -2.16. The van der Waals surface area contributed by atoms with Crippen molar-refractivity contribution < 1.29 is 14.0 Å². The second-order valence-electron chi connectivity index (χ2n) is 4.94. The molecule has 114 valence electrons. The number of nitrogens with two attached hydrogens (primary N) is 1. The molecule has 1 heterocycles. The molecule has 0 unspecified atom stereocenters. The molecular formula is C14H17BrFN3O2. The lowest BCUT2D eigenvalue weighted by Crippen LogP contribution is -2.27. The molecule has 2 amide bonds. The van der Waals surface area contributed by atoms with Crippen LogP contribution in [-0.2, 0) is 4.79 Å². The van der Waals surface area contributed by atoms with E-state index in [0.29, 0.717) is 29.7 Å². The Hall–Kier alpha value is -1.63. The fourth-order valence-corrected chi connectivity index (χ4v) is 2.83. The van der Waals surface area contributed by atoms with Crippen molar-refractivity contribution in [2.45, 2.75) is 19.3 Å². The van der Waals surface area contributed by atoms with Crippen LogP contribution in [0.3, 0.4) is 0 Å². The van der Waals surface area contributed by atoms with Crippen LogP contribution >= 0.6 is 15.9 Å². The van der Waals surface area contributed by atoms with Gasteiger partial charge in [0.2, 0.25) is 5.91 Å². The Labute approximate surface area is 130 Å². The lowest BCUT2D eigenvalue weighted by molar-refractivity contribution is -0.127. The molecule has 21 heavy (non-hydrogen) atoms. The van der Waals surface area contributed by atoms with Crippen LogP contribution in [0.15, 0.2) is 16.6 Å². The highest BCUT2D eigenvalue weighted by Gasteiger charge is 2.19. The van der Waals surface area contributed by atoms with Gasteiger partial charge in [-0.25, -0.2) is 4.39 Å². The summed E-state index contributed by atoms with van der Waals surface area (Å²) < 4.78 is 14.3. The number of likely N-dealkylation sites (tertiary alicyclic amines) is 1. The molecule has 1 fully saturated rings. The molecule has 0 spiro atoms. The number of amides is 2. The number of hydrogen-bond donors (Lipinski definition) is 2. The normalized spacial score (nSPS) is 14.6. The third-order valence-corrected chi connectivity index (χ3v) is 3.85. The molecule has 1 aromatic rings. The Bertz CT molecular complexity index is 565. The maximum absolute atomic E-state index is 13.7. The number of halogens is 2. The number of carbonyl (C=O) groups is 2. The van der Waals surface area contributed by atoms with E-state index >= 15 is 0 Å². The molecule has 0 atom stereocenters. The van der Waals surface area contributed by atoms with Gasteiger partial charge in [-0.2, -0.15) is 0 Å². The topological polar surface area (TPSA) is 75.4 Å². The summed E-state index contributed by atoms with van der Waals surface area (Å²) in [7, 11) is 0. The van der Waals surface area contributed by atoms with Crippen LogP contribution in [0.4, 0.5) is 10.1 Å². The number of rotatable bonds is 6. The molecule has 0 bridgehead atoms. The zero-order valence-corrected chi connectivity index (χ0v) is 13.1. The van der Waals surface area contributed by atoms with E-state index in [9.17, 15) is 14.0 Å². The Morgan fingerprint density at radius 3 is 2.86 bits per heavy atom. The van der Waals surface area contributed by atoms with E-state index in [1.165, 1.54) is 6.07 Å². The Balaban J connectivity index is 1.93. The molecular weight excluding hydrogens is 341 g/mol. The molecule has 0 aromatic heterocycles. The van der Waals surface area contributed by atoms with Crippen LogP contribution < -0.4 is 11.1 Å². The zero-order chi connectivity index (χ0) is 15.4. The van der Waals surface area contributed by atoms with E-state index in [1.54, 1.807) is 6.07 Å². The number of nitrogens with one attached hydrogen (secondary N) is 1. The summed E-state index contributed by atoms with van der Waals surface area (Å²) in [6.45, 7) is 1.99. The third kappa shape index (κ3) is 3.93. The average Bonchev–Trinajstić information content (AvgIpc) is 2.79. The van der Waals surface area contributed by atoms with E-state index in [0.717, 1.165) is 19.4 Å². The maximum Gasteiger partial charge on any atom is 0.253 e. The van der Waals surface area contributed by atoms with Crippen molar-refractivity contribution in [3.05, 3.63) is 28.0 Å². The van der Waals surface area contributed by atoms with Crippen molar-refractivity contribution in [2.75, 3.05) is 25.0 Å². The Kier molecular flexibility index (Phi) is 5.17. The van der Waals surface area contributed by atoms with Crippen molar-refractivity contribution in [2.24, 2.45) is 5.73 Å². The van der Waals surface area contributed by atoms with Crippen LogP contribution in [0.5, 0.6) is 0 Å². The molecule has 1 aliphatic heterocycles. The SMILES string of the molecule is NC(=O)c1c(F)cc(Br)cc1NCCCN1CCCC1=O. The van der Waals surface area contributed by atoms with Gasteiger partial charge in [-0.15, -0.1) is 0 Å². The molecule has 7 heteroatoms. The number of nitrogens with zero attached hydrogens (tertiary/aromatic N) is 1. The fraction of sp³-hybridized carbons (Fsp3) is 0.429. The highest BCUT2D eigenvalue weighted by atomic mass is 79.9. The monoisotopic (exact) mass is 357 g/mol. The van der Waals surface area contributed by atoms with Gasteiger partial charge >= 0.3 is 0 Å². The first-order valence-electron chi connectivity index (χ1n) is 6.79. The minimum atomic E-state index is -0.808. The van der Waals surface area contributed by atoms with Crippen molar-refractivity contribution in [3.8, 4) is 0 Å². The average molecular weight is 358 g/mol. The predicted molar refractivity (Wildman–Crippen MR) is 81.5 cm³/mol. The Morgan fingerprint density at radius 2 is 2.24 bits per heavy atom. The summed E-state index contributed by atoms with van der Waals surface area (Å²) in [5.74, 6) is -1.28. The third-order valence-electron chi connectivity index (χ3n) is 3.39. The van der Waals surface area contributed by atoms with Crippen LogP contribution in [0.25, 0.3) is 0 Å². The van der Waals surface area contributed by atoms with Crippen molar-refractivity contribution in [1.82, 2.24) is 4.90 Å². The summed E-state index contributed by atoms with van der Waals surface area (Å²) in [4.78, 5) is 24.6. The lowest BCUT2D eigenvalue weighted by atomic mass is 10.1. The fourth-order valence-electron chi connectivity index (χ4n) is 2.40. The van der Waals surface area contributed by atoms with Crippen LogP contribution in [0.1, 0.15) is 29.6 Å². The van der Waals surface area contributed by atoms with Gasteiger partial charge in [0.05, 0.1) is 11.3 Å². The molecule has 0 aliphatic carbocycles. The summed E-state index contributed by atoms with van der Waals surface area (Å²) in [5.41, 5.74) is 5.42. The molecule has 0 saturated carbocycles. The first-order chi connectivity index (χ1) is 9.99. The van der Waals surface area contributed by atoms with Gasteiger partial charge in [-0.05, 0) is 25.0 Å². The molecule has 0 radical (unpaired) electrons. The molecule has 1 aliphatic rings. The van der Waals surface area contributed by atoms with Gasteiger partial charge < -0.3 is 16.0 Å². The van der Waals surface area contributed by atoms with Crippen LogP contribution in [-0.4, -0.2) is 36.3 Å². The zero-order valence-electron chi connectivity index (χ0n) is 11.5. The van der Waals surface area contributed by atoms with Gasteiger partial charge in [-0.3, -0.25) is 9.59 Å². The van der Waals surface area contributed by atoms with Gasteiger partial charge in [-0.1, -0.05) is 15.9 Å². The van der Waals surface area contributed by atoms with E-state index in [4.69, 9.17) is 5.73 Å². The molecule has 1 saturated heterocycles. The number of carbonyl (C=O) groups excluding carboxylic acids is 2. The second kappa shape index (κ2) is 6.89. The maximum atomic E-state index is 13.7. The van der Waals surface area contributed by atoms with Crippen molar-refractivity contribution in [3.63, 3.8) is 0 Å². The predicted octanol–water partition coefficient (Wildman–Crippen LogP) is 2.11. The van der Waals surface area contributed by atoms with Gasteiger partial charge in [0.1, 0.15) is 5.82 Å². The summed E-state index contributed by atoms with van der Waals surface area (Å²) in [6, 6.07) is 2.82. The minimum Gasteiger partial charge on any atom is -0.384 e. The van der Waals surface area contributed by atoms with E-state index in [1.807, 2.05) is 4.90 Å². The van der Waals surface area contributed by atoms with E-state index in [-0.39, 0.29) is 11.5 Å². The van der Waals surface area contributed by atoms with Crippen LogP contribution in [0.2, 0.25) is 0 Å². The summed E-state index contributed by atoms with van der Waals surface area (Å²) in [5, 5.41) is 3.01. The quantitative estimate of drug-likeness (QED) is 0.765. The van der Waals surface area contributed by atoms with Crippen molar-refractivity contribution >= 4 is 33.4 Å². The molecule has 2 rings (SSSR count). The Morgan fingerprint density at radius 1 is 1.48 bits per heavy atom. The molecule has 5 nitrogen and oxygen atoms in total. The summed E-state index contributed by atoms with van der Waals surface area (Å²) in [6.07, 6.45) is 2.25. The smallest absolute Gasteiger partial charge is 0.253 e. The number of benzene rings is 1. The highest BCUT2D eigenvalue weighted by molar-refractivity contribution is 9.10. The van der Waals surface area contributed by atoms with Gasteiger partial charge in [0.25, 0.3) is 5.91 Å². The second-order valence-corrected chi connectivity index (χ2v) is 5.85. The highest BCUT2D eigenvalue weighted by Crippen LogP contribution is 2.24. The first kappa shape index (κ1) is 15.8. The number of anilines is 1. The van der Waals surface area contributed by atoms with E-state index < -0.39 is 11.7 Å². The number of primary amides is 1. The van der Waals surface area contributed by atoms with Crippen LogP contribution in [0, 0.1) is 5.82 Å². The number of hydrogen-bond acceptors (Lipinski definition) is 3. The van der Waals surface area contributed by atoms with Gasteiger partial charge in [0, 0.05) is 30.5 Å². The summed E-state index contributed by atoms with van der Waals surface area (Å²) >= 11 is 3.18. The minimum absolute atomic E-state index is 0.143. The first-order valence-corrected chi connectivity index (χ1v) is 7.59.